The second-order valence-electron chi connectivity index (χ2n) is 5.38. The van der Waals surface area contributed by atoms with Gasteiger partial charge >= 0.3 is 0 Å². The van der Waals surface area contributed by atoms with Gasteiger partial charge in [-0.2, -0.15) is 0 Å². The van der Waals surface area contributed by atoms with Crippen LogP contribution in [0.2, 0.25) is 0 Å². The quantitative estimate of drug-likeness (QED) is 0.650. The SMILES string of the molecule is Cc1ccc([N+](=O)[O-])c(C(=O)NC2(CO)CCCC2)c1. The van der Waals surface area contributed by atoms with Gasteiger partial charge in [-0.1, -0.05) is 18.9 Å². The third-order valence-corrected chi connectivity index (χ3v) is 3.84. The Bertz CT molecular complexity index is 536. The predicted molar refractivity (Wildman–Crippen MR) is 73.6 cm³/mol. The van der Waals surface area contributed by atoms with Gasteiger partial charge in [0.2, 0.25) is 0 Å². The van der Waals surface area contributed by atoms with Crippen molar-refractivity contribution in [2.24, 2.45) is 0 Å². The number of nitro benzene ring substituents is 1. The highest BCUT2D eigenvalue weighted by atomic mass is 16.6. The molecule has 6 heteroatoms. The second-order valence-corrected chi connectivity index (χ2v) is 5.38. The third-order valence-electron chi connectivity index (χ3n) is 3.84. The van der Waals surface area contributed by atoms with E-state index in [1.165, 1.54) is 12.1 Å². The van der Waals surface area contributed by atoms with Crippen molar-refractivity contribution in [1.29, 1.82) is 0 Å². The minimum atomic E-state index is -0.630. The van der Waals surface area contributed by atoms with E-state index in [-0.39, 0.29) is 17.9 Å². The van der Waals surface area contributed by atoms with Crippen LogP contribution in [0.4, 0.5) is 5.69 Å². The third kappa shape index (κ3) is 2.80. The minimum absolute atomic E-state index is 0.0507. The molecule has 1 fully saturated rings. The first-order chi connectivity index (χ1) is 9.47. The molecule has 0 unspecified atom stereocenters. The molecule has 1 saturated carbocycles. The summed E-state index contributed by atoms with van der Waals surface area (Å²) in [5.74, 6) is -0.489. The van der Waals surface area contributed by atoms with Gasteiger partial charge < -0.3 is 10.4 Å². The molecule has 1 aromatic rings. The number of nitrogens with zero attached hydrogens (tertiary/aromatic N) is 1. The number of hydrogen-bond donors (Lipinski definition) is 2. The van der Waals surface area contributed by atoms with Crippen LogP contribution in [0, 0.1) is 17.0 Å². The standard InChI is InChI=1S/C14H18N2O4/c1-10-4-5-12(16(19)20)11(8-10)13(18)15-14(9-17)6-2-3-7-14/h4-5,8,17H,2-3,6-7,9H2,1H3,(H,15,18). The van der Waals surface area contributed by atoms with Crippen LogP contribution in [0.1, 0.15) is 41.6 Å². The summed E-state index contributed by atoms with van der Waals surface area (Å²) in [6, 6.07) is 4.45. The molecule has 6 nitrogen and oxygen atoms in total. The van der Waals surface area contributed by atoms with E-state index in [1.54, 1.807) is 13.0 Å². The molecule has 20 heavy (non-hydrogen) atoms. The van der Waals surface area contributed by atoms with Gasteiger partial charge in [0.1, 0.15) is 5.56 Å². The molecule has 1 aliphatic rings. The van der Waals surface area contributed by atoms with Crippen molar-refractivity contribution in [2.75, 3.05) is 6.61 Å². The number of rotatable bonds is 4. The number of aliphatic hydroxyl groups excluding tert-OH is 1. The largest absolute Gasteiger partial charge is 0.394 e. The fraction of sp³-hybridized carbons (Fsp3) is 0.500. The van der Waals surface area contributed by atoms with Gasteiger partial charge in [0.25, 0.3) is 11.6 Å². The van der Waals surface area contributed by atoms with Crippen molar-refractivity contribution in [3.63, 3.8) is 0 Å². The molecule has 0 aromatic heterocycles. The summed E-state index contributed by atoms with van der Waals surface area (Å²) in [6.07, 6.45) is 3.29. The molecule has 2 N–H and O–H groups in total. The van der Waals surface area contributed by atoms with Crippen molar-refractivity contribution in [3.8, 4) is 0 Å². The first kappa shape index (κ1) is 14.5. The number of nitro groups is 1. The van der Waals surface area contributed by atoms with Crippen molar-refractivity contribution >= 4 is 11.6 Å². The van der Waals surface area contributed by atoms with E-state index in [9.17, 15) is 20.0 Å². The van der Waals surface area contributed by atoms with Gasteiger partial charge in [-0.25, -0.2) is 0 Å². The number of hydrogen-bond acceptors (Lipinski definition) is 4. The summed E-state index contributed by atoms with van der Waals surface area (Å²) in [7, 11) is 0. The number of aliphatic hydroxyl groups is 1. The van der Waals surface area contributed by atoms with Crippen molar-refractivity contribution in [3.05, 3.63) is 39.4 Å². The fourth-order valence-electron chi connectivity index (χ4n) is 2.67. The Labute approximate surface area is 117 Å². The molecule has 1 amide bonds. The molecule has 1 aromatic carbocycles. The topological polar surface area (TPSA) is 92.5 Å². The van der Waals surface area contributed by atoms with Crippen LogP contribution < -0.4 is 5.32 Å². The van der Waals surface area contributed by atoms with Crippen LogP contribution in [0.3, 0.4) is 0 Å². The Hall–Kier alpha value is -1.95. The highest BCUT2D eigenvalue weighted by Gasteiger charge is 2.36. The zero-order valence-electron chi connectivity index (χ0n) is 11.4. The molecule has 2 rings (SSSR count). The zero-order valence-corrected chi connectivity index (χ0v) is 11.4. The van der Waals surface area contributed by atoms with Crippen LogP contribution in [0.25, 0.3) is 0 Å². The maximum absolute atomic E-state index is 12.3. The smallest absolute Gasteiger partial charge is 0.282 e. The van der Waals surface area contributed by atoms with E-state index >= 15 is 0 Å². The Balaban J connectivity index is 2.29. The zero-order chi connectivity index (χ0) is 14.8. The van der Waals surface area contributed by atoms with Gasteiger partial charge in [-0.3, -0.25) is 14.9 Å². The minimum Gasteiger partial charge on any atom is -0.394 e. The number of aryl methyl sites for hydroxylation is 1. The van der Waals surface area contributed by atoms with Gasteiger partial charge in [0.05, 0.1) is 17.1 Å². The Morgan fingerprint density at radius 1 is 1.45 bits per heavy atom. The van der Waals surface area contributed by atoms with E-state index < -0.39 is 16.4 Å². The molecule has 0 atom stereocenters. The van der Waals surface area contributed by atoms with Gasteiger partial charge in [-0.15, -0.1) is 0 Å². The van der Waals surface area contributed by atoms with E-state index in [0.29, 0.717) is 12.8 Å². The molecule has 0 heterocycles. The highest BCUT2D eigenvalue weighted by Crippen LogP contribution is 2.30. The van der Waals surface area contributed by atoms with E-state index in [2.05, 4.69) is 5.32 Å². The van der Waals surface area contributed by atoms with Crippen molar-refractivity contribution in [2.45, 2.75) is 38.1 Å². The van der Waals surface area contributed by atoms with E-state index in [0.717, 1.165) is 18.4 Å². The normalized spacial score (nSPS) is 16.9. The van der Waals surface area contributed by atoms with Crippen LogP contribution in [-0.2, 0) is 0 Å². The predicted octanol–water partition coefficient (Wildman–Crippen LogP) is 1.94. The lowest BCUT2D eigenvalue weighted by molar-refractivity contribution is -0.385. The number of carbonyl (C=O) groups excluding carboxylic acids is 1. The van der Waals surface area contributed by atoms with Crippen LogP contribution in [0.5, 0.6) is 0 Å². The first-order valence-electron chi connectivity index (χ1n) is 6.66. The lowest BCUT2D eigenvalue weighted by atomic mass is 9.97. The van der Waals surface area contributed by atoms with Gasteiger partial charge in [-0.05, 0) is 31.4 Å². The molecule has 0 radical (unpaired) electrons. The average molecular weight is 278 g/mol. The molecular weight excluding hydrogens is 260 g/mol. The van der Waals surface area contributed by atoms with Crippen molar-refractivity contribution < 1.29 is 14.8 Å². The lowest BCUT2D eigenvalue weighted by Gasteiger charge is -2.27. The van der Waals surface area contributed by atoms with E-state index in [1.807, 2.05) is 0 Å². The Morgan fingerprint density at radius 2 is 2.10 bits per heavy atom. The van der Waals surface area contributed by atoms with Crippen LogP contribution in [-0.4, -0.2) is 28.1 Å². The van der Waals surface area contributed by atoms with Gasteiger partial charge in [0.15, 0.2) is 0 Å². The molecule has 108 valence electrons. The molecule has 0 saturated heterocycles. The van der Waals surface area contributed by atoms with Gasteiger partial charge in [0, 0.05) is 6.07 Å². The first-order valence-corrected chi connectivity index (χ1v) is 6.66. The summed E-state index contributed by atoms with van der Waals surface area (Å²) in [5.41, 5.74) is -0.00606. The molecule has 0 aliphatic heterocycles. The highest BCUT2D eigenvalue weighted by molar-refractivity contribution is 5.98. The summed E-state index contributed by atoms with van der Waals surface area (Å²) in [5, 5.41) is 23.3. The lowest BCUT2D eigenvalue weighted by Crippen LogP contribution is -2.49. The van der Waals surface area contributed by atoms with Crippen LogP contribution >= 0.6 is 0 Å². The maximum Gasteiger partial charge on any atom is 0.282 e. The Morgan fingerprint density at radius 3 is 2.65 bits per heavy atom. The summed E-state index contributed by atoms with van der Waals surface area (Å²) < 4.78 is 0. The summed E-state index contributed by atoms with van der Waals surface area (Å²) >= 11 is 0. The fourth-order valence-corrected chi connectivity index (χ4v) is 2.67. The number of amides is 1. The van der Waals surface area contributed by atoms with E-state index in [4.69, 9.17) is 0 Å². The van der Waals surface area contributed by atoms with Crippen molar-refractivity contribution in [1.82, 2.24) is 5.32 Å². The van der Waals surface area contributed by atoms with Crippen LogP contribution in [0.15, 0.2) is 18.2 Å². The molecular formula is C14H18N2O4. The molecule has 1 aliphatic carbocycles. The Kier molecular flexibility index (Phi) is 4.04. The average Bonchev–Trinajstić information content (AvgIpc) is 2.87. The monoisotopic (exact) mass is 278 g/mol. The maximum atomic E-state index is 12.3. The number of nitrogens with one attached hydrogen (secondary N) is 1. The summed E-state index contributed by atoms with van der Waals surface area (Å²) in [4.78, 5) is 22.8. The second kappa shape index (κ2) is 5.58. The number of carbonyl (C=O) groups is 1. The molecule has 0 spiro atoms. The number of benzene rings is 1. The summed E-state index contributed by atoms with van der Waals surface area (Å²) in [6.45, 7) is 1.64. The molecule has 0 bridgehead atoms.